The molecule has 1 amide bonds. The molecule has 1 heterocycles. The molecule has 86 valence electrons. The van der Waals surface area contributed by atoms with E-state index in [-0.39, 0.29) is 0 Å². The summed E-state index contributed by atoms with van der Waals surface area (Å²) in [5.74, 6) is 0. The molecule has 1 aliphatic heterocycles. The van der Waals surface area contributed by atoms with Crippen LogP contribution in [0.25, 0.3) is 0 Å². The third kappa shape index (κ3) is 2.83. The van der Waals surface area contributed by atoms with E-state index in [9.17, 15) is 4.79 Å². The van der Waals surface area contributed by atoms with Crippen LogP contribution in [0.3, 0.4) is 0 Å². The molecule has 1 aromatic carbocycles. The Morgan fingerprint density at radius 1 is 1.38 bits per heavy atom. The monoisotopic (exact) mass is 219 g/mol. The summed E-state index contributed by atoms with van der Waals surface area (Å²) in [6.07, 6.45) is 0.962. The van der Waals surface area contributed by atoms with Crippen LogP contribution in [0, 0.1) is 6.92 Å². The summed E-state index contributed by atoms with van der Waals surface area (Å²) in [4.78, 5) is 14.0. The minimum atomic E-state index is 0.894. The zero-order chi connectivity index (χ0) is 11.4. The lowest BCUT2D eigenvalue weighted by Gasteiger charge is -2.29. The lowest BCUT2D eigenvalue weighted by Crippen LogP contribution is -3.13. The van der Waals surface area contributed by atoms with Gasteiger partial charge in [0.2, 0.25) is 6.41 Å². The number of quaternary nitrogens is 1. The maximum absolute atomic E-state index is 10.6. The Morgan fingerprint density at radius 3 is 2.75 bits per heavy atom. The summed E-state index contributed by atoms with van der Waals surface area (Å²) >= 11 is 0. The van der Waals surface area contributed by atoms with Crippen molar-refractivity contribution < 1.29 is 9.69 Å². The first-order chi connectivity index (χ1) is 7.78. The first-order valence-electron chi connectivity index (χ1n) is 5.86. The zero-order valence-corrected chi connectivity index (χ0v) is 9.78. The molecule has 1 saturated heterocycles. The van der Waals surface area contributed by atoms with Gasteiger partial charge in [-0.1, -0.05) is 29.8 Å². The van der Waals surface area contributed by atoms with Crippen LogP contribution in [-0.4, -0.2) is 37.5 Å². The van der Waals surface area contributed by atoms with Crippen LogP contribution < -0.4 is 4.90 Å². The third-order valence-corrected chi connectivity index (χ3v) is 3.19. The number of amides is 1. The fraction of sp³-hybridized carbons (Fsp3) is 0.462. The average Bonchev–Trinajstić information content (AvgIpc) is 2.30. The Hall–Kier alpha value is -1.35. The number of hydrogen-bond donors (Lipinski definition) is 1. The number of nitrogens with zero attached hydrogens (tertiary/aromatic N) is 1. The van der Waals surface area contributed by atoms with Gasteiger partial charge in [-0.2, -0.15) is 0 Å². The Bertz CT molecular complexity index is 357. The lowest BCUT2D eigenvalue weighted by molar-refractivity contribution is -0.917. The van der Waals surface area contributed by atoms with E-state index in [0.717, 1.165) is 39.1 Å². The Kier molecular flexibility index (Phi) is 3.57. The van der Waals surface area contributed by atoms with Crippen LogP contribution in [0.1, 0.15) is 11.1 Å². The van der Waals surface area contributed by atoms with Crippen LogP contribution in [0.5, 0.6) is 0 Å². The number of rotatable bonds is 3. The van der Waals surface area contributed by atoms with Gasteiger partial charge in [-0.05, 0) is 6.92 Å². The average molecular weight is 219 g/mol. The van der Waals surface area contributed by atoms with Gasteiger partial charge in [0.25, 0.3) is 0 Å². The second kappa shape index (κ2) is 5.12. The van der Waals surface area contributed by atoms with Gasteiger partial charge in [0, 0.05) is 5.56 Å². The number of benzene rings is 1. The molecule has 0 saturated carbocycles. The summed E-state index contributed by atoms with van der Waals surface area (Å²) in [6, 6.07) is 8.68. The van der Waals surface area contributed by atoms with E-state index < -0.39 is 0 Å². The number of hydrogen-bond acceptors (Lipinski definition) is 1. The molecule has 1 aliphatic rings. The van der Waals surface area contributed by atoms with Crippen molar-refractivity contribution in [3.05, 3.63) is 35.4 Å². The minimum absolute atomic E-state index is 0.894. The van der Waals surface area contributed by atoms with Crippen molar-refractivity contribution in [2.45, 2.75) is 13.5 Å². The van der Waals surface area contributed by atoms with Gasteiger partial charge in [-0.15, -0.1) is 0 Å². The molecule has 0 radical (unpaired) electrons. The number of carbonyl (C=O) groups excluding carboxylic acids is 1. The summed E-state index contributed by atoms with van der Waals surface area (Å²) in [6.45, 7) is 7.12. The standard InChI is InChI=1S/C13H18N2O/c1-12-3-2-4-13(9-12)10-14-5-7-15(11-16)8-6-14/h2-4,9,11H,5-8,10H2,1H3/p+1. The second-order valence-corrected chi connectivity index (χ2v) is 4.56. The highest BCUT2D eigenvalue weighted by molar-refractivity contribution is 5.46. The highest BCUT2D eigenvalue weighted by Gasteiger charge is 2.18. The molecule has 0 spiro atoms. The second-order valence-electron chi connectivity index (χ2n) is 4.56. The minimum Gasteiger partial charge on any atom is -0.334 e. The van der Waals surface area contributed by atoms with Gasteiger partial charge in [0.15, 0.2) is 0 Å². The largest absolute Gasteiger partial charge is 0.334 e. The van der Waals surface area contributed by atoms with Gasteiger partial charge >= 0.3 is 0 Å². The van der Waals surface area contributed by atoms with Crippen molar-refractivity contribution in [3.8, 4) is 0 Å². The van der Waals surface area contributed by atoms with E-state index in [1.165, 1.54) is 11.1 Å². The van der Waals surface area contributed by atoms with Gasteiger partial charge in [0.05, 0.1) is 26.2 Å². The summed E-state index contributed by atoms with van der Waals surface area (Å²) in [5.41, 5.74) is 2.72. The molecule has 0 unspecified atom stereocenters. The van der Waals surface area contributed by atoms with Gasteiger partial charge in [-0.3, -0.25) is 4.79 Å². The van der Waals surface area contributed by atoms with Gasteiger partial charge < -0.3 is 9.80 Å². The quantitative estimate of drug-likeness (QED) is 0.703. The van der Waals surface area contributed by atoms with Crippen LogP contribution in [0.4, 0.5) is 0 Å². The maximum atomic E-state index is 10.6. The van der Waals surface area contributed by atoms with Crippen molar-refractivity contribution in [2.24, 2.45) is 0 Å². The summed E-state index contributed by atoms with van der Waals surface area (Å²) in [7, 11) is 0. The predicted molar refractivity (Wildman–Crippen MR) is 63.2 cm³/mol. The molecule has 1 fully saturated rings. The first kappa shape index (κ1) is 11.1. The smallest absolute Gasteiger partial charge is 0.210 e. The number of aryl methyl sites for hydroxylation is 1. The van der Waals surface area contributed by atoms with Crippen molar-refractivity contribution in [1.82, 2.24) is 4.90 Å². The molecular formula is C13H19N2O+. The Balaban J connectivity index is 1.89. The van der Waals surface area contributed by atoms with E-state index in [0.29, 0.717) is 0 Å². The maximum Gasteiger partial charge on any atom is 0.210 e. The number of nitrogens with one attached hydrogen (secondary N) is 1. The fourth-order valence-corrected chi connectivity index (χ4v) is 2.23. The number of piperazine rings is 1. The van der Waals surface area contributed by atoms with E-state index in [1.54, 1.807) is 4.90 Å². The highest BCUT2D eigenvalue weighted by Crippen LogP contribution is 2.02. The third-order valence-electron chi connectivity index (χ3n) is 3.19. The van der Waals surface area contributed by atoms with Gasteiger partial charge in [-0.25, -0.2) is 0 Å². The fourth-order valence-electron chi connectivity index (χ4n) is 2.23. The molecule has 1 N–H and O–H groups in total. The molecule has 3 nitrogen and oxygen atoms in total. The molecule has 1 aromatic rings. The van der Waals surface area contributed by atoms with Crippen LogP contribution in [0.15, 0.2) is 24.3 Å². The topological polar surface area (TPSA) is 24.8 Å². The molecule has 2 rings (SSSR count). The SMILES string of the molecule is Cc1cccc(C[NH+]2CCN(C=O)CC2)c1. The lowest BCUT2D eigenvalue weighted by atomic mass is 10.1. The highest BCUT2D eigenvalue weighted by atomic mass is 16.1. The van der Waals surface area contributed by atoms with E-state index in [4.69, 9.17) is 0 Å². The first-order valence-corrected chi connectivity index (χ1v) is 5.86. The predicted octanol–water partition coefficient (Wildman–Crippen LogP) is -0.148. The normalized spacial score (nSPS) is 17.4. The van der Waals surface area contributed by atoms with Crippen LogP contribution in [-0.2, 0) is 11.3 Å². The van der Waals surface area contributed by atoms with Crippen molar-refractivity contribution >= 4 is 6.41 Å². The van der Waals surface area contributed by atoms with E-state index in [1.807, 2.05) is 4.90 Å². The van der Waals surface area contributed by atoms with Crippen molar-refractivity contribution in [1.29, 1.82) is 0 Å². The molecule has 0 bridgehead atoms. The molecule has 0 aliphatic carbocycles. The molecule has 0 atom stereocenters. The zero-order valence-electron chi connectivity index (χ0n) is 9.78. The van der Waals surface area contributed by atoms with Crippen LogP contribution >= 0.6 is 0 Å². The van der Waals surface area contributed by atoms with Crippen molar-refractivity contribution in [3.63, 3.8) is 0 Å². The van der Waals surface area contributed by atoms with E-state index >= 15 is 0 Å². The molecule has 0 aromatic heterocycles. The summed E-state index contributed by atoms with van der Waals surface area (Å²) in [5, 5.41) is 0. The summed E-state index contributed by atoms with van der Waals surface area (Å²) < 4.78 is 0. The van der Waals surface area contributed by atoms with Crippen LogP contribution in [0.2, 0.25) is 0 Å². The van der Waals surface area contributed by atoms with Crippen molar-refractivity contribution in [2.75, 3.05) is 26.2 Å². The van der Waals surface area contributed by atoms with Gasteiger partial charge in [0.1, 0.15) is 6.54 Å². The van der Waals surface area contributed by atoms with E-state index in [2.05, 4.69) is 31.2 Å². The molecular weight excluding hydrogens is 200 g/mol. The Labute approximate surface area is 96.7 Å². The molecule has 16 heavy (non-hydrogen) atoms. The Morgan fingerprint density at radius 2 is 2.12 bits per heavy atom. The number of carbonyl (C=O) groups is 1. The molecule has 3 heteroatoms.